The molecule has 0 bridgehead atoms. The minimum Gasteiger partial charge on any atom is -0.379 e. The fourth-order valence-electron chi connectivity index (χ4n) is 2.37. The number of amidine groups is 1. The number of thioether (sulfide) groups is 1. The van der Waals surface area contributed by atoms with E-state index in [4.69, 9.17) is 5.73 Å². The van der Waals surface area contributed by atoms with Crippen molar-refractivity contribution in [1.82, 2.24) is 0 Å². The number of nitrogens with zero attached hydrogens (tertiary/aromatic N) is 1. The van der Waals surface area contributed by atoms with Crippen molar-refractivity contribution in [3.05, 3.63) is 83.9 Å². The zero-order chi connectivity index (χ0) is 15.2. The summed E-state index contributed by atoms with van der Waals surface area (Å²) in [5, 5.41) is 3.19. The number of benzene rings is 3. The fraction of sp³-hybridized carbons (Fsp3) is 0.105. The van der Waals surface area contributed by atoms with E-state index in [1.165, 1.54) is 21.9 Å². The van der Waals surface area contributed by atoms with Crippen LogP contribution in [0.3, 0.4) is 0 Å². The van der Waals surface area contributed by atoms with E-state index in [0.717, 1.165) is 5.75 Å². The van der Waals surface area contributed by atoms with Crippen LogP contribution in [0, 0.1) is 0 Å². The lowest BCUT2D eigenvalue weighted by Gasteiger charge is -2.06. The number of aliphatic imine (C=N–C) groups is 1. The van der Waals surface area contributed by atoms with Gasteiger partial charge >= 0.3 is 0 Å². The van der Waals surface area contributed by atoms with Gasteiger partial charge in [0.15, 0.2) is 5.17 Å². The third-order valence-corrected chi connectivity index (χ3v) is 4.40. The Kier molecular flexibility index (Phi) is 4.76. The minimum atomic E-state index is 0.634. The summed E-state index contributed by atoms with van der Waals surface area (Å²) in [5.74, 6) is 0.839. The maximum absolute atomic E-state index is 6.03. The van der Waals surface area contributed by atoms with Crippen LogP contribution in [0.25, 0.3) is 10.8 Å². The van der Waals surface area contributed by atoms with Crippen LogP contribution in [-0.4, -0.2) is 5.17 Å². The van der Waals surface area contributed by atoms with Crippen molar-refractivity contribution >= 4 is 27.7 Å². The lowest BCUT2D eigenvalue weighted by Crippen LogP contribution is -2.07. The molecule has 0 aromatic heterocycles. The number of hydrogen-bond donors (Lipinski definition) is 1. The van der Waals surface area contributed by atoms with Crippen LogP contribution < -0.4 is 5.73 Å². The quantitative estimate of drug-likeness (QED) is 0.565. The normalized spacial score (nSPS) is 11.7. The highest BCUT2D eigenvalue weighted by Crippen LogP contribution is 2.22. The number of hydrogen-bond acceptors (Lipinski definition) is 2. The van der Waals surface area contributed by atoms with E-state index < -0.39 is 0 Å². The number of fused-ring (bicyclic) bond motifs is 1. The molecule has 0 aliphatic carbocycles. The van der Waals surface area contributed by atoms with Gasteiger partial charge in [0.05, 0.1) is 6.54 Å². The molecular formula is C19H18N2S. The van der Waals surface area contributed by atoms with Crippen LogP contribution >= 0.6 is 11.8 Å². The van der Waals surface area contributed by atoms with Gasteiger partial charge in [-0.05, 0) is 21.9 Å². The van der Waals surface area contributed by atoms with Crippen LogP contribution in [0.5, 0.6) is 0 Å². The summed E-state index contributed by atoms with van der Waals surface area (Å²) in [5.41, 5.74) is 8.50. The Hall–Kier alpha value is -2.26. The number of rotatable bonds is 4. The van der Waals surface area contributed by atoms with Crippen LogP contribution in [0.15, 0.2) is 77.8 Å². The first-order chi connectivity index (χ1) is 10.8. The Morgan fingerprint density at radius 3 is 2.45 bits per heavy atom. The molecule has 0 fully saturated rings. The molecule has 0 amide bonds. The van der Waals surface area contributed by atoms with E-state index in [9.17, 15) is 0 Å². The van der Waals surface area contributed by atoms with Crippen molar-refractivity contribution < 1.29 is 0 Å². The second-order valence-electron chi connectivity index (χ2n) is 5.07. The maximum Gasteiger partial charge on any atom is 0.154 e. The van der Waals surface area contributed by atoms with Gasteiger partial charge in [-0.2, -0.15) is 0 Å². The summed E-state index contributed by atoms with van der Waals surface area (Å²) in [6.07, 6.45) is 0. The third-order valence-electron chi connectivity index (χ3n) is 3.52. The molecule has 0 radical (unpaired) electrons. The molecule has 0 saturated carbocycles. The first-order valence-corrected chi connectivity index (χ1v) is 8.25. The standard InChI is InChI=1S/C19H18N2S/c20-19(21-13-15-7-2-1-3-8-15)22-14-17-11-6-10-16-9-4-5-12-18(16)17/h1-12H,13-14H2,(H2,20,21). The van der Waals surface area contributed by atoms with E-state index in [2.05, 4.69) is 59.6 Å². The summed E-state index contributed by atoms with van der Waals surface area (Å²) in [6, 6.07) is 25.0. The van der Waals surface area contributed by atoms with Crippen molar-refractivity contribution in [2.24, 2.45) is 10.7 Å². The van der Waals surface area contributed by atoms with E-state index >= 15 is 0 Å². The van der Waals surface area contributed by atoms with Gasteiger partial charge < -0.3 is 5.73 Å². The second-order valence-corrected chi connectivity index (χ2v) is 6.06. The molecule has 3 heteroatoms. The van der Waals surface area contributed by atoms with Gasteiger partial charge in [-0.3, -0.25) is 4.99 Å². The monoisotopic (exact) mass is 306 g/mol. The first kappa shape index (κ1) is 14.7. The highest BCUT2D eigenvalue weighted by molar-refractivity contribution is 8.13. The van der Waals surface area contributed by atoms with E-state index in [1.807, 2.05) is 18.2 Å². The summed E-state index contributed by atoms with van der Waals surface area (Å²) in [6.45, 7) is 0.634. The fourth-order valence-corrected chi connectivity index (χ4v) is 3.08. The zero-order valence-corrected chi connectivity index (χ0v) is 13.1. The van der Waals surface area contributed by atoms with Gasteiger partial charge in [-0.15, -0.1) is 0 Å². The average Bonchev–Trinajstić information content (AvgIpc) is 2.59. The minimum absolute atomic E-state index is 0.634. The molecule has 3 aromatic carbocycles. The lowest BCUT2D eigenvalue weighted by molar-refractivity contribution is 1.07. The second kappa shape index (κ2) is 7.14. The first-order valence-electron chi connectivity index (χ1n) is 7.26. The molecule has 2 nitrogen and oxygen atoms in total. The Morgan fingerprint density at radius 2 is 1.59 bits per heavy atom. The summed E-state index contributed by atoms with van der Waals surface area (Å²) < 4.78 is 0. The smallest absolute Gasteiger partial charge is 0.154 e. The Labute approximate surface area is 135 Å². The van der Waals surface area contributed by atoms with Gasteiger partial charge in [0, 0.05) is 5.75 Å². The predicted octanol–water partition coefficient (Wildman–Crippen LogP) is 4.59. The van der Waals surface area contributed by atoms with Gasteiger partial charge in [0.2, 0.25) is 0 Å². The average molecular weight is 306 g/mol. The van der Waals surface area contributed by atoms with E-state index in [0.29, 0.717) is 11.7 Å². The van der Waals surface area contributed by atoms with Gasteiger partial charge in [0.25, 0.3) is 0 Å². The zero-order valence-electron chi connectivity index (χ0n) is 12.3. The molecule has 0 aliphatic rings. The van der Waals surface area contributed by atoms with Crippen molar-refractivity contribution in [2.45, 2.75) is 12.3 Å². The molecule has 110 valence electrons. The Balaban J connectivity index is 1.66. The lowest BCUT2D eigenvalue weighted by atomic mass is 10.1. The van der Waals surface area contributed by atoms with Crippen molar-refractivity contribution in [2.75, 3.05) is 0 Å². The van der Waals surface area contributed by atoms with Gasteiger partial charge in [-0.25, -0.2) is 0 Å². The third kappa shape index (κ3) is 3.68. The molecule has 0 saturated heterocycles. The highest BCUT2D eigenvalue weighted by Gasteiger charge is 2.02. The Morgan fingerprint density at radius 1 is 0.864 bits per heavy atom. The van der Waals surface area contributed by atoms with Crippen LogP contribution in [0.4, 0.5) is 0 Å². The summed E-state index contributed by atoms with van der Waals surface area (Å²) in [7, 11) is 0. The van der Waals surface area contributed by atoms with Crippen LogP contribution in [0.2, 0.25) is 0 Å². The molecule has 0 atom stereocenters. The van der Waals surface area contributed by atoms with Crippen LogP contribution in [-0.2, 0) is 12.3 Å². The highest BCUT2D eigenvalue weighted by atomic mass is 32.2. The number of nitrogens with two attached hydrogens (primary N) is 1. The topological polar surface area (TPSA) is 38.4 Å². The van der Waals surface area contributed by atoms with E-state index in [1.54, 1.807) is 11.8 Å². The largest absolute Gasteiger partial charge is 0.379 e. The molecule has 3 aromatic rings. The van der Waals surface area contributed by atoms with Crippen molar-refractivity contribution in [3.8, 4) is 0 Å². The molecule has 2 N–H and O–H groups in total. The molecule has 0 heterocycles. The molecular weight excluding hydrogens is 288 g/mol. The molecule has 0 aliphatic heterocycles. The maximum atomic E-state index is 6.03. The molecule has 0 spiro atoms. The van der Waals surface area contributed by atoms with Crippen LogP contribution in [0.1, 0.15) is 11.1 Å². The SMILES string of the molecule is NC(=NCc1ccccc1)SCc1cccc2ccccc12. The summed E-state index contributed by atoms with van der Waals surface area (Å²) >= 11 is 1.59. The van der Waals surface area contributed by atoms with Gasteiger partial charge in [-0.1, -0.05) is 84.6 Å². The summed E-state index contributed by atoms with van der Waals surface area (Å²) in [4.78, 5) is 4.45. The van der Waals surface area contributed by atoms with Crippen molar-refractivity contribution in [1.29, 1.82) is 0 Å². The molecule has 22 heavy (non-hydrogen) atoms. The van der Waals surface area contributed by atoms with Crippen molar-refractivity contribution in [3.63, 3.8) is 0 Å². The molecule has 3 rings (SSSR count). The Bertz CT molecular complexity index is 776. The van der Waals surface area contributed by atoms with E-state index in [-0.39, 0.29) is 0 Å². The predicted molar refractivity (Wildman–Crippen MR) is 97.0 cm³/mol. The van der Waals surface area contributed by atoms with Gasteiger partial charge in [0.1, 0.15) is 0 Å². The molecule has 0 unspecified atom stereocenters.